The van der Waals surface area contributed by atoms with Crippen molar-refractivity contribution in [3.05, 3.63) is 34.9 Å². The lowest BCUT2D eigenvalue weighted by Gasteiger charge is -2.23. The Morgan fingerprint density at radius 1 is 1.19 bits per heavy atom. The molecule has 1 aromatic carbocycles. The van der Waals surface area contributed by atoms with E-state index in [0.717, 1.165) is 31.2 Å². The van der Waals surface area contributed by atoms with Gasteiger partial charge in [-0.3, -0.25) is 9.59 Å². The lowest BCUT2D eigenvalue weighted by molar-refractivity contribution is -0.143. The van der Waals surface area contributed by atoms with Crippen LogP contribution < -0.4 is 5.32 Å². The molecule has 0 spiro atoms. The van der Waals surface area contributed by atoms with Crippen LogP contribution >= 0.6 is 11.6 Å². The van der Waals surface area contributed by atoms with E-state index >= 15 is 0 Å². The van der Waals surface area contributed by atoms with Gasteiger partial charge in [-0.15, -0.1) is 0 Å². The number of carboxylic acid groups (broad SMARTS) is 1. The van der Waals surface area contributed by atoms with Crippen molar-refractivity contribution in [1.82, 2.24) is 5.32 Å². The van der Waals surface area contributed by atoms with E-state index in [1.165, 1.54) is 0 Å². The van der Waals surface area contributed by atoms with Crippen LogP contribution in [0.3, 0.4) is 0 Å². The van der Waals surface area contributed by atoms with E-state index in [9.17, 15) is 14.7 Å². The van der Waals surface area contributed by atoms with Gasteiger partial charge in [0.05, 0.1) is 12.3 Å². The number of carboxylic acids is 1. The summed E-state index contributed by atoms with van der Waals surface area (Å²) in [5, 5.41) is 12.8. The molecule has 21 heavy (non-hydrogen) atoms. The van der Waals surface area contributed by atoms with Crippen molar-refractivity contribution in [2.75, 3.05) is 0 Å². The predicted molar refractivity (Wildman–Crippen MR) is 81.3 cm³/mol. The molecule has 0 bridgehead atoms. The summed E-state index contributed by atoms with van der Waals surface area (Å²) in [6.07, 6.45) is 4.44. The Balaban J connectivity index is 2.00. The Kier molecular flexibility index (Phi) is 5.62. The van der Waals surface area contributed by atoms with Crippen molar-refractivity contribution in [3.8, 4) is 0 Å². The molecule has 1 saturated carbocycles. The molecule has 5 heteroatoms. The molecule has 0 aliphatic heterocycles. The maximum absolute atomic E-state index is 12.2. The standard InChI is InChI=1S/C16H20ClNO3/c17-13-8-5-4-6-11(13)10-15(19)18-14-9-3-1-2-7-12(14)16(20)21/h4-6,8,12,14H,1-3,7,9-10H2,(H,18,19)(H,20,21). The van der Waals surface area contributed by atoms with Crippen LogP contribution in [0, 0.1) is 5.92 Å². The normalized spacial score (nSPS) is 22.3. The highest BCUT2D eigenvalue weighted by molar-refractivity contribution is 6.31. The van der Waals surface area contributed by atoms with Crippen LogP contribution in [-0.4, -0.2) is 23.0 Å². The summed E-state index contributed by atoms with van der Waals surface area (Å²) in [6.45, 7) is 0. The Morgan fingerprint density at radius 3 is 2.62 bits per heavy atom. The molecule has 1 aromatic rings. The number of hydrogen-bond donors (Lipinski definition) is 2. The number of halogens is 1. The van der Waals surface area contributed by atoms with Crippen LogP contribution in [0.5, 0.6) is 0 Å². The molecular formula is C16H20ClNO3. The molecule has 114 valence electrons. The smallest absolute Gasteiger partial charge is 0.308 e. The summed E-state index contributed by atoms with van der Waals surface area (Å²) in [4.78, 5) is 23.5. The highest BCUT2D eigenvalue weighted by Crippen LogP contribution is 2.24. The summed E-state index contributed by atoms with van der Waals surface area (Å²) in [5.41, 5.74) is 0.761. The fourth-order valence-corrected chi connectivity index (χ4v) is 3.05. The predicted octanol–water partition coefficient (Wildman–Crippen LogP) is 3.03. The zero-order valence-corrected chi connectivity index (χ0v) is 12.6. The van der Waals surface area contributed by atoms with Crippen molar-refractivity contribution in [2.45, 2.75) is 44.6 Å². The van der Waals surface area contributed by atoms with Gasteiger partial charge in [0, 0.05) is 11.1 Å². The first kappa shape index (κ1) is 15.8. The number of carbonyl (C=O) groups excluding carboxylic acids is 1. The molecule has 1 amide bonds. The number of aliphatic carboxylic acids is 1. The minimum atomic E-state index is -0.819. The fraction of sp³-hybridized carbons (Fsp3) is 0.500. The highest BCUT2D eigenvalue weighted by atomic mass is 35.5. The summed E-state index contributed by atoms with van der Waals surface area (Å²) < 4.78 is 0. The third-order valence-corrected chi connectivity index (χ3v) is 4.36. The van der Waals surface area contributed by atoms with Gasteiger partial charge in [-0.25, -0.2) is 0 Å². The van der Waals surface area contributed by atoms with Gasteiger partial charge < -0.3 is 10.4 Å². The summed E-state index contributed by atoms with van der Waals surface area (Å²) in [7, 11) is 0. The average molecular weight is 310 g/mol. The van der Waals surface area contributed by atoms with E-state index in [1.54, 1.807) is 6.07 Å². The molecule has 2 unspecified atom stereocenters. The van der Waals surface area contributed by atoms with Crippen molar-refractivity contribution in [1.29, 1.82) is 0 Å². The van der Waals surface area contributed by atoms with Crippen LogP contribution in [0.4, 0.5) is 0 Å². The maximum Gasteiger partial charge on any atom is 0.308 e. The van der Waals surface area contributed by atoms with Gasteiger partial charge in [0.25, 0.3) is 0 Å². The monoisotopic (exact) mass is 309 g/mol. The topological polar surface area (TPSA) is 66.4 Å². The Hall–Kier alpha value is -1.55. The van der Waals surface area contributed by atoms with Gasteiger partial charge >= 0.3 is 5.97 Å². The second-order valence-corrected chi connectivity index (χ2v) is 5.93. The Labute approximate surface area is 129 Å². The lowest BCUT2D eigenvalue weighted by Crippen LogP contribution is -2.43. The van der Waals surface area contributed by atoms with E-state index in [0.29, 0.717) is 11.4 Å². The zero-order valence-electron chi connectivity index (χ0n) is 11.8. The quantitative estimate of drug-likeness (QED) is 0.840. The van der Waals surface area contributed by atoms with Gasteiger partial charge in [0.2, 0.25) is 5.91 Å². The summed E-state index contributed by atoms with van der Waals surface area (Å²) in [6, 6.07) is 6.93. The number of nitrogens with one attached hydrogen (secondary N) is 1. The van der Waals surface area contributed by atoms with Crippen molar-refractivity contribution < 1.29 is 14.7 Å². The number of carbonyl (C=O) groups is 2. The van der Waals surface area contributed by atoms with Crippen LogP contribution in [0.2, 0.25) is 5.02 Å². The van der Waals surface area contributed by atoms with E-state index in [2.05, 4.69) is 5.32 Å². The van der Waals surface area contributed by atoms with Crippen LogP contribution in [0.15, 0.2) is 24.3 Å². The lowest BCUT2D eigenvalue weighted by atomic mass is 9.94. The Bertz CT molecular complexity index is 518. The molecule has 1 aliphatic rings. The van der Waals surface area contributed by atoms with Gasteiger partial charge in [-0.05, 0) is 24.5 Å². The largest absolute Gasteiger partial charge is 0.481 e. The van der Waals surface area contributed by atoms with Crippen molar-refractivity contribution in [2.24, 2.45) is 5.92 Å². The number of amides is 1. The molecule has 0 radical (unpaired) electrons. The second kappa shape index (κ2) is 7.46. The Morgan fingerprint density at radius 2 is 1.90 bits per heavy atom. The molecule has 4 nitrogen and oxygen atoms in total. The SMILES string of the molecule is O=C(Cc1ccccc1Cl)NC1CCCCCC1C(=O)O. The summed E-state index contributed by atoms with van der Waals surface area (Å²) >= 11 is 6.04. The molecule has 0 saturated heterocycles. The molecule has 0 aromatic heterocycles. The first-order chi connectivity index (χ1) is 10.1. The van der Waals surface area contributed by atoms with E-state index in [4.69, 9.17) is 11.6 Å². The van der Waals surface area contributed by atoms with E-state index < -0.39 is 11.9 Å². The second-order valence-electron chi connectivity index (χ2n) is 5.52. The molecule has 0 heterocycles. The van der Waals surface area contributed by atoms with Crippen LogP contribution in [-0.2, 0) is 16.0 Å². The molecular weight excluding hydrogens is 290 g/mol. The van der Waals surface area contributed by atoms with E-state index in [-0.39, 0.29) is 18.4 Å². The molecule has 2 N–H and O–H groups in total. The summed E-state index contributed by atoms with van der Waals surface area (Å²) in [5.74, 6) is -1.47. The fourth-order valence-electron chi connectivity index (χ4n) is 2.85. The van der Waals surface area contributed by atoms with E-state index in [1.807, 2.05) is 18.2 Å². The van der Waals surface area contributed by atoms with Crippen LogP contribution in [0.25, 0.3) is 0 Å². The van der Waals surface area contributed by atoms with Crippen LogP contribution in [0.1, 0.15) is 37.7 Å². The first-order valence-corrected chi connectivity index (χ1v) is 7.71. The number of hydrogen-bond acceptors (Lipinski definition) is 2. The third kappa shape index (κ3) is 4.46. The van der Waals surface area contributed by atoms with Crippen molar-refractivity contribution in [3.63, 3.8) is 0 Å². The third-order valence-electron chi connectivity index (χ3n) is 3.99. The van der Waals surface area contributed by atoms with Gasteiger partial charge in [-0.1, -0.05) is 49.1 Å². The number of benzene rings is 1. The molecule has 2 atom stereocenters. The zero-order chi connectivity index (χ0) is 15.2. The maximum atomic E-state index is 12.2. The number of rotatable bonds is 4. The average Bonchev–Trinajstić information content (AvgIpc) is 2.67. The van der Waals surface area contributed by atoms with Gasteiger partial charge in [0.1, 0.15) is 0 Å². The molecule has 1 aliphatic carbocycles. The minimum absolute atomic E-state index is 0.166. The highest BCUT2D eigenvalue weighted by Gasteiger charge is 2.30. The van der Waals surface area contributed by atoms with Crippen molar-refractivity contribution >= 4 is 23.5 Å². The molecule has 1 fully saturated rings. The van der Waals surface area contributed by atoms with Gasteiger partial charge in [0.15, 0.2) is 0 Å². The molecule has 2 rings (SSSR count). The van der Waals surface area contributed by atoms with Gasteiger partial charge in [-0.2, -0.15) is 0 Å². The first-order valence-electron chi connectivity index (χ1n) is 7.33. The minimum Gasteiger partial charge on any atom is -0.481 e.